The van der Waals surface area contributed by atoms with Crippen LogP contribution in [0, 0.1) is 6.20 Å². The Labute approximate surface area is 154 Å². The molecule has 0 bridgehead atoms. The average molecular weight is 439 g/mol. The first-order valence-electron chi connectivity index (χ1n) is 3.58. The van der Waals surface area contributed by atoms with Crippen LogP contribution in [0.25, 0.3) is 0 Å². The minimum absolute atomic E-state index is 0. The van der Waals surface area contributed by atoms with Gasteiger partial charge in [-0.3, -0.25) is 0 Å². The molecule has 0 atom stereocenters. The molecule has 1 rings (SSSR count). The zero-order valence-corrected chi connectivity index (χ0v) is 15.7. The Morgan fingerprint density at radius 2 is 1.22 bits per heavy atom. The first kappa shape index (κ1) is 26.8. The van der Waals surface area contributed by atoms with Gasteiger partial charge in [-0.2, -0.15) is 18.3 Å². The second-order valence-corrected chi connectivity index (χ2v) is 5.19. The smallest absolute Gasteiger partial charge is 0.484 e. The minimum atomic E-state index is 0. The molecular weight excluding hydrogens is 428 g/mol. The van der Waals surface area contributed by atoms with E-state index in [1.807, 2.05) is 18.3 Å². The molecule has 7 N–H and O–H groups in total. The number of H-pyrrole nitrogens is 1. The molecule has 0 unspecified atom stereocenters. The molecule has 11 heteroatoms. The molecule has 0 aliphatic rings. The van der Waals surface area contributed by atoms with E-state index >= 15 is 0 Å². The largest absolute Gasteiger partial charge is 4.00 e. The van der Waals surface area contributed by atoms with Gasteiger partial charge >= 0.3 is 21.1 Å². The summed E-state index contributed by atoms with van der Waals surface area (Å²) in [6.07, 6.45) is 4.56. The summed E-state index contributed by atoms with van der Waals surface area (Å²) < 4.78 is 0.250. The molecule has 0 saturated heterocycles. The fourth-order valence-corrected chi connectivity index (χ4v) is 0.241. The summed E-state index contributed by atoms with van der Waals surface area (Å²) in [5, 5.41) is 0. The predicted octanol–water partition coefficient (Wildman–Crippen LogP) is 0.143. The van der Waals surface area contributed by atoms with Gasteiger partial charge in [-0.1, -0.05) is 13.0 Å². The zero-order chi connectivity index (χ0) is 14.3. The van der Waals surface area contributed by atoms with Crippen molar-refractivity contribution in [2.75, 3.05) is 0 Å². The van der Waals surface area contributed by atoms with Gasteiger partial charge in [0, 0.05) is 0 Å². The molecule has 0 saturated carbocycles. The van der Waals surface area contributed by atoms with Crippen LogP contribution >= 0.6 is 36.7 Å². The number of nitrogens with one attached hydrogen (secondary N) is 1. The van der Waals surface area contributed by atoms with Crippen molar-refractivity contribution in [1.82, 2.24) is 4.98 Å². The number of rotatable bonds is 0. The number of hydrogen-bond acceptors (Lipinski definition) is 6. The molecule has 4 nitrogen and oxygen atoms in total. The van der Waals surface area contributed by atoms with Gasteiger partial charge < -0.3 is 96.7 Å². The van der Waals surface area contributed by atoms with Crippen LogP contribution in [0.5, 0.6) is 0 Å². The predicted molar refractivity (Wildman–Crippen MR) is 92.1 cm³/mol. The number of thiocarbonyl (C=S) groups is 3. The van der Waals surface area contributed by atoms with E-state index < -0.39 is 0 Å². The summed E-state index contributed by atoms with van der Waals surface area (Å²) >= 11 is 24.8. The molecule has 0 fully saturated rings. The van der Waals surface area contributed by atoms with Crippen LogP contribution in [0.4, 0.5) is 0 Å². The average Bonchev–Trinajstić information content (AvgIpc) is 2.53. The Morgan fingerprint density at radius 3 is 1.28 bits per heavy atom. The van der Waals surface area contributed by atoms with E-state index in [0.717, 1.165) is 0 Å². The third-order valence-corrected chi connectivity index (χ3v) is 0.442. The topological polar surface area (TPSA) is 93.8 Å². The molecule has 0 aliphatic carbocycles. The van der Waals surface area contributed by atoms with Crippen LogP contribution in [0.3, 0.4) is 0 Å². The normalized spacial score (nSPS) is 6.22. The van der Waals surface area contributed by atoms with Gasteiger partial charge in [0.25, 0.3) is 0 Å². The Kier molecular flexibility index (Phi) is 33.4. The molecule has 100 valence electrons. The van der Waals surface area contributed by atoms with Crippen molar-refractivity contribution in [3.63, 3.8) is 0 Å². The molecule has 1 heterocycles. The number of hydrogen-bond donors (Lipinski definition) is 4. The first-order chi connectivity index (χ1) is 7.70. The maximum atomic E-state index is 4.66. The van der Waals surface area contributed by atoms with Gasteiger partial charge in [0.15, 0.2) is 0 Å². The quantitative estimate of drug-likeness (QED) is 0.195. The first-order valence-corrected chi connectivity index (χ1v) is 6.03. The summed E-state index contributed by atoms with van der Waals surface area (Å²) in [6.45, 7) is 0. The number of nitrogens with two attached hydrogens (primary N) is 3. The third-order valence-electron chi connectivity index (χ3n) is 0.442. The van der Waals surface area contributed by atoms with Crippen molar-refractivity contribution >= 4 is 87.5 Å². The molecule has 0 aromatic carbocycles. The van der Waals surface area contributed by atoms with Crippen LogP contribution < -0.4 is 17.2 Å². The van der Waals surface area contributed by atoms with E-state index in [-0.39, 0.29) is 34.0 Å². The standard InChI is InChI=1S/C4H4N.3CH3NS2.Mo/c1-2-4-5-3-1;3*2-1(3)4;/h1-3,5H;3*(H3,2,3,4);/q-1;;;;+4/p-3. The van der Waals surface area contributed by atoms with Gasteiger partial charge in [-0.25, -0.2) is 0 Å². The molecule has 0 spiro atoms. The maximum Gasteiger partial charge on any atom is 4.00 e. The van der Waals surface area contributed by atoms with E-state index in [0.29, 0.717) is 0 Å². The fourth-order valence-electron chi connectivity index (χ4n) is 0.241. The zero-order valence-electron chi connectivity index (χ0n) is 8.82. The number of aromatic amines is 1. The van der Waals surface area contributed by atoms with E-state index in [1.54, 1.807) is 0 Å². The third kappa shape index (κ3) is 136. The summed E-state index contributed by atoms with van der Waals surface area (Å²) in [5.74, 6) is 0. The van der Waals surface area contributed by atoms with Crippen molar-refractivity contribution in [3.05, 3.63) is 24.5 Å². The summed E-state index contributed by atoms with van der Waals surface area (Å²) in [5.41, 5.74) is 14.0. The maximum absolute atomic E-state index is 4.66. The Bertz CT molecular complexity index is 247. The number of aromatic nitrogens is 1. The van der Waals surface area contributed by atoms with Gasteiger partial charge in [0.2, 0.25) is 0 Å². The molecule has 1 aromatic rings. The second-order valence-electron chi connectivity index (χ2n) is 1.77. The van der Waals surface area contributed by atoms with E-state index in [1.165, 1.54) is 0 Å². The van der Waals surface area contributed by atoms with E-state index in [4.69, 9.17) is 0 Å². The molecule has 0 radical (unpaired) electrons. The van der Waals surface area contributed by atoms with Gasteiger partial charge in [-0.05, 0) is 0 Å². The van der Waals surface area contributed by atoms with Crippen molar-refractivity contribution in [3.8, 4) is 0 Å². The van der Waals surface area contributed by atoms with Crippen molar-refractivity contribution in [2.45, 2.75) is 0 Å². The SMILES string of the molecule is NC(=S)[S-].NC(=S)[S-].NC(=S)[S-].[Mo+4].[c-]1ccc[nH]1. The summed E-state index contributed by atoms with van der Waals surface area (Å²) in [7, 11) is 0. The van der Waals surface area contributed by atoms with Gasteiger partial charge in [0.05, 0.1) is 0 Å². The van der Waals surface area contributed by atoms with Crippen molar-refractivity contribution in [2.24, 2.45) is 17.2 Å². The second kappa shape index (κ2) is 22.5. The van der Waals surface area contributed by atoms with Crippen LogP contribution in [0.2, 0.25) is 0 Å². The van der Waals surface area contributed by atoms with Gasteiger partial charge in [-0.15, -0.1) is 6.20 Å². The Hall–Kier alpha value is 0.298. The minimum Gasteiger partial charge on any atom is -0.484 e. The fraction of sp³-hybridized carbons (Fsp3) is 0. The summed E-state index contributed by atoms with van der Waals surface area (Å²) in [4.78, 5) is 2.74. The van der Waals surface area contributed by atoms with Crippen LogP contribution in [0.15, 0.2) is 18.3 Å². The summed E-state index contributed by atoms with van der Waals surface area (Å²) in [6, 6.07) is 3.71. The Balaban J connectivity index is -0.0000000719. The monoisotopic (exact) mass is 440 g/mol. The van der Waals surface area contributed by atoms with Crippen molar-refractivity contribution < 1.29 is 21.1 Å². The van der Waals surface area contributed by atoms with Crippen LogP contribution in [-0.4, -0.2) is 17.9 Å². The molecule has 0 aliphatic heterocycles. The van der Waals surface area contributed by atoms with Crippen LogP contribution in [0.1, 0.15) is 0 Å². The van der Waals surface area contributed by atoms with E-state index in [9.17, 15) is 0 Å². The van der Waals surface area contributed by atoms with E-state index in [2.05, 4.69) is 103 Å². The molecule has 18 heavy (non-hydrogen) atoms. The van der Waals surface area contributed by atoms with Crippen LogP contribution in [-0.2, 0) is 59.0 Å². The molecular formula is C7H10MoN4S6. The Morgan fingerprint density at radius 1 is 0.944 bits per heavy atom. The molecule has 0 amide bonds. The van der Waals surface area contributed by atoms with Gasteiger partial charge in [0.1, 0.15) is 0 Å². The molecule has 1 aromatic heterocycles. The van der Waals surface area contributed by atoms with Crippen molar-refractivity contribution in [1.29, 1.82) is 0 Å².